The molecule has 0 aliphatic carbocycles. The topological polar surface area (TPSA) is 105 Å². The molecule has 2 aromatic carbocycles. The number of carbonyl (C=O) groups excluding carboxylic acids is 1. The second-order valence-corrected chi connectivity index (χ2v) is 8.83. The van der Waals surface area contributed by atoms with Gasteiger partial charge >= 0.3 is 0 Å². The van der Waals surface area contributed by atoms with Gasteiger partial charge in [0.15, 0.2) is 5.82 Å². The highest BCUT2D eigenvalue weighted by Gasteiger charge is 2.21. The fraction of sp³-hybridized carbons (Fsp3) is 0.308. The van der Waals surface area contributed by atoms with E-state index >= 15 is 0 Å². The molecule has 0 bridgehead atoms. The Morgan fingerprint density at radius 2 is 2.03 bits per heavy atom. The van der Waals surface area contributed by atoms with Crippen LogP contribution in [0, 0.1) is 6.92 Å². The number of aromatic hydroxyl groups is 1. The zero-order valence-corrected chi connectivity index (χ0v) is 21.5. The largest absolute Gasteiger partial charge is 0.508 e. The average molecular weight is 509 g/mol. The van der Waals surface area contributed by atoms with Crippen LogP contribution < -0.4 is 10.1 Å². The maximum absolute atomic E-state index is 13.6. The molecule has 0 saturated carbocycles. The Labute approximate surface area is 214 Å². The van der Waals surface area contributed by atoms with Gasteiger partial charge in [-0.25, -0.2) is 9.97 Å². The van der Waals surface area contributed by atoms with Gasteiger partial charge in [-0.15, -0.1) is 0 Å². The van der Waals surface area contributed by atoms with Crippen LogP contribution in [0.3, 0.4) is 0 Å². The van der Waals surface area contributed by atoms with Crippen LogP contribution in [0.1, 0.15) is 28.7 Å². The van der Waals surface area contributed by atoms with E-state index < -0.39 is 0 Å². The highest BCUT2D eigenvalue weighted by Crippen LogP contribution is 2.31. The van der Waals surface area contributed by atoms with Gasteiger partial charge < -0.3 is 20.1 Å². The van der Waals surface area contributed by atoms with Gasteiger partial charge in [-0.1, -0.05) is 11.6 Å². The first-order chi connectivity index (χ1) is 17.3. The van der Waals surface area contributed by atoms with E-state index in [1.165, 1.54) is 12.1 Å². The van der Waals surface area contributed by atoms with Gasteiger partial charge in [0.25, 0.3) is 5.91 Å². The molecule has 0 aliphatic heterocycles. The summed E-state index contributed by atoms with van der Waals surface area (Å²) < 4.78 is 7.58. The molecule has 4 aromatic rings. The first-order valence-electron chi connectivity index (χ1n) is 11.7. The molecule has 4 rings (SSSR count). The number of aryl methyl sites for hydroxylation is 1. The van der Waals surface area contributed by atoms with Gasteiger partial charge in [-0.3, -0.25) is 9.48 Å². The average Bonchev–Trinajstić information content (AvgIpc) is 3.22. The standard InChI is InChI=1S/C26H29ClN6O3/c1-5-33-16(2)18(14-29-33)15-32(4)26(35)24-20-13-19(34)7-8-22(20)30-25(31-24)17-6-9-23(21(27)12-17)36-11-10-28-3/h6-9,12-14,28,34H,5,10-11,15H2,1-4H3. The minimum Gasteiger partial charge on any atom is -0.508 e. The summed E-state index contributed by atoms with van der Waals surface area (Å²) in [5.41, 5.74) is 3.34. The zero-order valence-electron chi connectivity index (χ0n) is 20.7. The molecule has 0 spiro atoms. The van der Waals surface area contributed by atoms with Crippen molar-refractivity contribution in [1.29, 1.82) is 0 Å². The van der Waals surface area contributed by atoms with Crippen molar-refractivity contribution < 1.29 is 14.6 Å². The van der Waals surface area contributed by atoms with Gasteiger partial charge in [-0.2, -0.15) is 5.10 Å². The Hall–Kier alpha value is -3.69. The maximum Gasteiger partial charge on any atom is 0.273 e. The van der Waals surface area contributed by atoms with Gasteiger partial charge in [0.1, 0.15) is 23.8 Å². The molecule has 1 amide bonds. The number of rotatable bonds is 9. The predicted molar refractivity (Wildman–Crippen MR) is 140 cm³/mol. The summed E-state index contributed by atoms with van der Waals surface area (Å²) >= 11 is 6.45. The lowest BCUT2D eigenvalue weighted by molar-refractivity contribution is 0.0781. The van der Waals surface area contributed by atoms with Crippen molar-refractivity contribution in [3.63, 3.8) is 0 Å². The summed E-state index contributed by atoms with van der Waals surface area (Å²) in [5.74, 6) is 0.641. The molecular formula is C26H29ClN6O3. The Kier molecular flexibility index (Phi) is 7.71. The molecule has 0 radical (unpaired) electrons. The van der Waals surface area contributed by atoms with Crippen LogP contribution in [-0.4, -0.2) is 62.9 Å². The number of hydrogen-bond acceptors (Lipinski definition) is 7. The van der Waals surface area contributed by atoms with E-state index in [0.717, 1.165) is 17.8 Å². The third-order valence-electron chi connectivity index (χ3n) is 5.94. The van der Waals surface area contributed by atoms with Gasteiger partial charge in [0.2, 0.25) is 0 Å². The number of aromatic nitrogens is 4. The number of fused-ring (bicyclic) bond motifs is 1. The van der Waals surface area contributed by atoms with Crippen LogP contribution in [0.5, 0.6) is 11.5 Å². The summed E-state index contributed by atoms with van der Waals surface area (Å²) in [4.78, 5) is 24.4. The lowest BCUT2D eigenvalue weighted by atomic mass is 10.1. The fourth-order valence-corrected chi connectivity index (χ4v) is 4.13. The number of ether oxygens (including phenoxy) is 1. The number of phenolic OH excluding ortho intramolecular Hbond substituents is 1. The lowest BCUT2D eigenvalue weighted by Gasteiger charge is -2.18. The van der Waals surface area contributed by atoms with Crippen LogP contribution in [0.25, 0.3) is 22.3 Å². The van der Waals surface area contributed by atoms with Crippen molar-refractivity contribution in [3.8, 4) is 22.9 Å². The number of nitrogens with one attached hydrogen (secondary N) is 1. The highest BCUT2D eigenvalue weighted by molar-refractivity contribution is 6.32. The Balaban J connectivity index is 1.71. The molecule has 9 nitrogen and oxygen atoms in total. The normalized spacial score (nSPS) is 11.1. The van der Waals surface area contributed by atoms with Crippen LogP contribution in [-0.2, 0) is 13.1 Å². The zero-order chi connectivity index (χ0) is 25.8. The number of phenols is 1. The number of benzene rings is 2. The first kappa shape index (κ1) is 25.4. The minimum absolute atomic E-state index is 0.0294. The molecule has 0 saturated heterocycles. The van der Waals surface area contributed by atoms with E-state index in [4.69, 9.17) is 16.3 Å². The van der Waals surface area contributed by atoms with E-state index in [-0.39, 0.29) is 17.4 Å². The van der Waals surface area contributed by atoms with Crippen LogP contribution in [0.4, 0.5) is 0 Å². The summed E-state index contributed by atoms with van der Waals surface area (Å²) in [5, 5.41) is 18.4. The Bertz CT molecular complexity index is 1400. The molecule has 0 aliphatic rings. The summed E-state index contributed by atoms with van der Waals surface area (Å²) in [7, 11) is 3.57. The molecule has 2 N–H and O–H groups in total. The van der Waals surface area contributed by atoms with Crippen molar-refractivity contribution in [1.82, 2.24) is 30.0 Å². The monoisotopic (exact) mass is 508 g/mol. The Morgan fingerprint density at radius 1 is 1.22 bits per heavy atom. The number of amides is 1. The van der Waals surface area contributed by atoms with Crippen molar-refractivity contribution in [2.24, 2.45) is 0 Å². The third-order valence-corrected chi connectivity index (χ3v) is 6.24. The molecule has 36 heavy (non-hydrogen) atoms. The molecule has 0 unspecified atom stereocenters. The second kappa shape index (κ2) is 10.9. The molecule has 2 heterocycles. The van der Waals surface area contributed by atoms with E-state index in [1.807, 2.05) is 31.6 Å². The first-order valence-corrected chi connectivity index (χ1v) is 12.0. The van der Waals surface area contributed by atoms with E-state index in [1.54, 1.807) is 36.3 Å². The van der Waals surface area contributed by atoms with Crippen LogP contribution >= 0.6 is 11.6 Å². The van der Waals surface area contributed by atoms with Gasteiger partial charge in [0.05, 0.1) is 16.7 Å². The van der Waals surface area contributed by atoms with Crippen molar-refractivity contribution in [3.05, 3.63) is 64.6 Å². The van der Waals surface area contributed by atoms with Crippen molar-refractivity contribution in [2.45, 2.75) is 26.9 Å². The van der Waals surface area contributed by atoms with Crippen molar-refractivity contribution in [2.75, 3.05) is 27.2 Å². The smallest absolute Gasteiger partial charge is 0.273 e. The van der Waals surface area contributed by atoms with E-state index in [2.05, 4.69) is 20.4 Å². The van der Waals surface area contributed by atoms with Gasteiger partial charge in [-0.05, 0) is 57.3 Å². The summed E-state index contributed by atoms with van der Waals surface area (Å²) in [6.07, 6.45) is 1.78. The molecule has 188 valence electrons. The Morgan fingerprint density at radius 3 is 2.72 bits per heavy atom. The van der Waals surface area contributed by atoms with Gasteiger partial charge in [0, 0.05) is 48.9 Å². The molecule has 0 fully saturated rings. The van der Waals surface area contributed by atoms with E-state index in [0.29, 0.717) is 52.8 Å². The maximum atomic E-state index is 13.6. The predicted octanol–water partition coefficient (Wildman–Crippen LogP) is 4.05. The fourth-order valence-electron chi connectivity index (χ4n) is 3.90. The van der Waals surface area contributed by atoms with Crippen LogP contribution in [0.15, 0.2) is 42.6 Å². The molecule has 10 heteroatoms. The van der Waals surface area contributed by atoms with Crippen molar-refractivity contribution >= 4 is 28.4 Å². The highest BCUT2D eigenvalue weighted by atomic mass is 35.5. The van der Waals surface area contributed by atoms with E-state index in [9.17, 15) is 9.90 Å². The number of nitrogens with zero attached hydrogens (tertiary/aromatic N) is 5. The summed E-state index contributed by atoms with van der Waals surface area (Å²) in [6, 6.07) is 10.00. The molecule has 2 aromatic heterocycles. The molecular weight excluding hydrogens is 480 g/mol. The summed E-state index contributed by atoms with van der Waals surface area (Å²) in [6.45, 7) is 6.30. The number of halogens is 1. The SMILES string of the molecule is CCn1ncc(CN(C)C(=O)c2nc(-c3ccc(OCCNC)c(Cl)c3)nc3ccc(O)cc23)c1C. The minimum atomic E-state index is -0.295. The number of hydrogen-bond donors (Lipinski definition) is 2. The second-order valence-electron chi connectivity index (χ2n) is 8.43. The number of likely N-dealkylation sites (N-methyl/N-ethyl adjacent to an activating group) is 1. The lowest BCUT2D eigenvalue weighted by Crippen LogP contribution is -2.27. The van der Waals surface area contributed by atoms with Crippen LogP contribution in [0.2, 0.25) is 5.02 Å². The third kappa shape index (κ3) is 5.27. The quantitative estimate of drug-likeness (QED) is 0.328. The number of carbonyl (C=O) groups is 1. The molecule has 0 atom stereocenters.